The number of primary amides is 1. The van der Waals surface area contributed by atoms with Crippen LogP contribution in [0.3, 0.4) is 0 Å². The molecule has 2 aliphatic rings. The molecule has 1 atom stereocenters. The number of nitrogens with zero attached hydrogens (tertiary/aromatic N) is 2. The molecule has 0 aromatic heterocycles. The van der Waals surface area contributed by atoms with Crippen LogP contribution in [0, 0.1) is 0 Å². The molecule has 2 aliphatic heterocycles. The second-order valence-corrected chi connectivity index (χ2v) is 8.74. The van der Waals surface area contributed by atoms with Gasteiger partial charge in [0.2, 0.25) is 5.91 Å². The molecule has 7 heteroatoms. The molecule has 2 heterocycles. The molecule has 0 spiro atoms. The van der Waals surface area contributed by atoms with Crippen molar-refractivity contribution in [1.82, 2.24) is 4.90 Å². The lowest BCUT2D eigenvalue weighted by molar-refractivity contribution is -0.123. The van der Waals surface area contributed by atoms with Crippen molar-refractivity contribution in [3.63, 3.8) is 0 Å². The third-order valence-electron chi connectivity index (χ3n) is 5.16. The Kier molecular flexibility index (Phi) is 4.83. The number of para-hydroxylation sites is 1. The van der Waals surface area contributed by atoms with Crippen molar-refractivity contribution in [3.05, 3.63) is 24.3 Å². The predicted octanol–water partition coefficient (Wildman–Crippen LogP) is 1.01. The molecule has 2 saturated heterocycles. The van der Waals surface area contributed by atoms with Crippen LogP contribution < -0.4 is 10.6 Å². The summed E-state index contributed by atoms with van der Waals surface area (Å²) in [6, 6.07) is 7.39. The van der Waals surface area contributed by atoms with Crippen molar-refractivity contribution in [3.8, 4) is 0 Å². The summed E-state index contributed by atoms with van der Waals surface area (Å²) in [7, 11) is -3.25. The quantitative estimate of drug-likeness (QED) is 0.875. The van der Waals surface area contributed by atoms with Gasteiger partial charge in [-0.25, -0.2) is 8.42 Å². The van der Waals surface area contributed by atoms with Gasteiger partial charge in [0.25, 0.3) is 0 Å². The highest BCUT2D eigenvalue weighted by Gasteiger charge is 2.36. The van der Waals surface area contributed by atoms with Gasteiger partial charge in [-0.3, -0.25) is 9.69 Å². The van der Waals surface area contributed by atoms with Gasteiger partial charge in [0.1, 0.15) is 0 Å². The van der Waals surface area contributed by atoms with Crippen LogP contribution in [0.25, 0.3) is 0 Å². The number of hydrogen-bond donors (Lipinski definition) is 1. The Morgan fingerprint density at radius 3 is 2.42 bits per heavy atom. The molecule has 0 saturated carbocycles. The van der Waals surface area contributed by atoms with E-state index in [-0.39, 0.29) is 11.9 Å². The summed E-state index contributed by atoms with van der Waals surface area (Å²) in [4.78, 5) is 16.4. The predicted molar refractivity (Wildman–Crippen MR) is 93.7 cm³/mol. The van der Waals surface area contributed by atoms with E-state index in [1.807, 2.05) is 12.1 Å². The Labute approximate surface area is 143 Å². The molecule has 0 radical (unpaired) electrons. The number of rotatable bonds is 4. The highest BCUT2D eigenvalue weighted by molar-refractivity contribution is 7.90. The Morgan fingerprint density at radius 1 is 1.12 bits per heavy atom. The fourth-order valence-electron chi connectivity index (χ4n) is 4.00. The van der Waals surface area contributed by atoms with Gasteiger partial charge < -0.3 is 10.6 Å². The van der Waals surface area contributed by atoms with E-state index in [1.165, 1.54) is 6.26 Å². The van der Waals surface area contributed by atoms with Crippen LogP contribution in [0.2, 0.25) is 0 Å². The number of carbonyl (C=O) groups excluding carboxylic acids is 1. The van der Waals surface area contributed by atoms with Gasteiger partial charge in [-0.1, -0.05) is 12.1 Å². The standard InChI is InChI=1S/C17H25N3O3S/c1-24(22,23)16-7-3-2-5-14(16)19-11-8-13(9-12-19)20-10-4-6-15(20)17(18)21/h2-3,5,7,13,15H,4,6,8-12H2,1H3,(H2,18,21). The first-order chi connectivity index (χ1) is 11.4. The number of likely N-dealkylation sites (tertiary alicyclic amines) is 1. The minimum atomic E-state index is -3.25. The van der Waals surface area contributed by atoms with E-state index < -0.39 is 9.84 Å². The fraction of sp³-hybridized carbons (Fsp3) is 0.588. The van der Waals surface area contributed by atoms with Crippen molar-refractivity contribution in [2.45, 2.75) is 42.7 Å². The van der Waals surface area contributed by atoms with E-state index in [9.17, 15) is 13.2 Å². The van der Waals surface area contributed by atoms with E-state index in [1.54, 1.807) is 12.1 Å². The molecular weight excluding hydrogens is 326 g/mol. The van der Waals surface area contributed by atoms with Crippen molar-refractivity contribution >= 4 is 21.4 Å². The normalized spacial score (nSPS) is 23.5. The second-order valence-electron chi connectivity index (χ2n) is 6.76. The van der Waals surface area contributed by atoms with Crippen molar-refractivity contribution < 1.29 is 13.2 Å². The molecule has 0 aliphatic carbocycles. The van der Waals surface area contributed by atoms with Crippen LogP contribution in [0.15, 0.2) is 29.2 Å². The summed E-state index contributed by atoms with van der Waals surface area (Å²) in [5, 5.41) is 0. The van der Waals surface area contributed by atoms with Crippen LogP contribution >= 0.6 is 0 Å². The molecule has 2 N–H and O–H groups in total. The smallest absolute Gasteiger partial charge is 0.234 e. The van der Waals surface area contributed by atoms with E-state index in [2.05, 4.69) is 9.80 Å². The van der Waals surface area contributed by atoms with Gasteiger partial charge in [-0.05, 0) is 44.4 Å². The molecule has 1 aromatic rings. The Morgan fingerprint density at radius 2 is 1.79 bits per heavy atom. The molecule has 3 rings (SSSR count). The maximum absolute atomic E-state index is 12.0. The second kappa shape index (κ2) is 6.72. The Balaban J connectivity index is 1.71. The average Bonchev–Trinajstić information content (AvgIpc) is 3.04. The third-order valence-corrected chi connectivity index (χ3v) is 6.31. The number of amides is 1. The maximum Gasteiger partial charge on any atom is 0.234 e. The molecule has 24 heavy (non-hydrogen) atoms. The number of sulfone groups is 1. The van der Waals surface area contributed by atoms with Crippen molar-refractivity contribution in [2.24, 2.45) is 5.73 Å². The minimum Gasteiger partial charge on any atom is -0.370 e. The zero-order valence-corrected chi connectivity index (χ0v) is 14.8. The van der Waals surface area contributed by atoms with E-state index in [0.717, 1.165) is 51.0 Å². The molecule has 132 valence electrons. The lowest BCUT2D eigenvalue weighted by atomic mass is 10.0. The lowest BCUT2D eigenvalue weighted by Crippen LogP contribution is -2.50. The number of nitrogens with two attached hydrogens (primary N) is 1. The molecule has 6 nitrogen and oxygen atoms in total. The number of benzene rings is 1. The summed E-state index contributed by atoms with van der Waals surface area (Å²) in [6.45, 7) is 2.51. The first-order valence-electron chi connectivity index (χ1n) is 8.47. The fourth-order valence-corrected chi connectivity index (χ4v) is 4.90. The molecule has 1 amide bonds. The van der Waals surface area contributed by atoms with Gasteiger partial charge >= 0.3 is 0 Å². The van der Waals surface area contributed by atoms with Crippen LogP contribution in [0.4, 0.5) is 5.69 Å². The lowest BCUT2D eigenvalue weighted by Gasteiger charge is -2.40. The summed E-state index contributed by atoms with van der Waals surface area (Å²) in [6.07, 6.45) is 4.96. The minimum absolute atomic E-state index is 0.134. The van der Waals surface area contributed by atoms with E-state index >= 15 is 0 Å². The SMILES string of the molecule is CS(=O)(=O)c1ccccc1N1CCC(N2CCCC2C(N)=O)CC1. The summed E-state index contributed by atoms with van der Waals surface area (Å²) in [5.41, 5.74) is 6.31. The zero-order valence-electron chi connectivity index (χ0n) is 14.0. The van der Waals surface area contributed by atoms with E-state index in [4.69, 9.17) is 5.73 Å². The number of hydrogen-bond acceptors (Lipinski definition) is 5. The highest BCUT2D eigenvalue weighted by Crippen LogP contribution is 2.31. The Hall–Kier alpha value is -1.60. The van der Waals surface area contributed by atoms with Gasteiger partial charge in [-0.15, -0.1) is 0 Å². The monoisotopic (exact) mass is 351 g/mol. The summed E-state index contributed by atoms with van der Waals surface area (Å²) in [5.74, 6) is -0.225. The van der Waals surface area contributed by atoms with Crippen LogP contribution in [0.5, 0.6) is 0 Å². The molecule has 2 fully saturated rings. The third kappa shape index (κ3) is 3.42. The molecular formula is C17H25N3O3S. The van der Waals surface area contributed by atoms with E-state index in [0.29, 0.717) is 10.9 Å². The van der Waals surface area contributed by atoms with Crippen molar-refractivity contribution in [2.75, 3.05) is 30.8 Å². The Bertz CT molecular complexity index is 712. The molecule has 1 unspecified atom stereocenters. The first kappa shape index (κ1) is 17.2. The highest BCUT2D eigenvalue weighted by atomic mass is 32.2. The van der Waals surface area contributed by atoms with Gasteiger partial charge in [0.05, 0.1) is 16.6 Å². The number of anilines is 1. The summed E-state index contributed by atoms with van der Waals surface area (Å²) < 4.78 is 24.0. The first-order valence-corrected chi connectivity index (χ1v) is 10.4. The largest absolute Gasteiger partial charge is 0.370 e. The summed E-state index contributed by atoms with van der Waals surface area (Å²) >= 11 is 0. The van der Waals surface area contributed by atoms with Crippen molar-refractivity contribution in [1.29, 1.82) is 0 Å². The average molecular weight is 351 g/mol. The molecule has 0 bridgehead atoms. The van der Waals surface area contributed by atoms with Gasteiger partial charge in [0, 0.05) is 25.4 Å². The zero-order chi connectivity index (χ0) is 17.3. The van der Waals surface area contributed by atoms with Gasteiger partial charge in [-0.2, -0.15) is 0 Å². The number of piperidine rings is 1. The van der Waals surface area contributed by atoms with Gasteiger partial charge in [0.15, 0.2) is 9.84 Å². The maximum atomic E-state index is 12.0. The molecule has 1 aromatic carbocycles. The van der Waals surface area contributed by atoms with Crippen LogP contribution in [-0.4, -0.2) is 57.2 Å². The number of carbonyl (C=O) groups is 1. The van der Waals surface area contributed by atoms with Crippen LogP contribution in [0.1, 0.15) is 25.7 Å². The topological polar surface area (TPSA) is 83.7 Å². The van der Waals surface area contributed by atoms with Crippen LogP contribution in [-0.2, 0) is 14.6 Å².